The summed E-state index contributed by atoms with van der Waals surface area (Å²) in [6.07, 6.45) is 1.73. The molecule has 5 heteroatoms. The number of carbonyl (C=O) groups excluding carboxylic acids is 1. The Hall–Kier alpha value is -2.82. The van der Waals surface area contributed by atoms with Crippen LogP contribution in [0.2, 0.25) is 0 Å². The summed E-state index contributed by atoms with van der Waals surface area (Å²) in [5.41, 5.74) is 1.64. The smallest absolute Gasteiger partial charge is 0.226 e. The molecule has 0 aliphatic rings. The zero-order chi connectivity index (χ0) is 15.4. The van der Waals surface area contributed by atoms with Crippen molar-refractivity contribution in [1.82, 2.24) is 10.5 Å². The topological polar surface area (TPSA) is 68.3 Å². The number of hydrogen-bond acceptors (Lipinski definition) is 4. The number of carbonyl (C=O) groups is 1. The van der Waals surface area contributed by atoms with E-state index in [-0.39, 0.29) is 18.4 Å². The first-order valence-electron chi connectivity index (χ1n) is 7.06. The number of benzene rings is 1. The second-order valence-corrected chi connectivity index (χ2v) is 5.04. The van der Waals surface area contributed by atoms with E-state index in [1.165, 1.54) is 0 Å². The summed E-state index contributed by atoms with van der Waals surface area (Å²) < 4.78 is 10.4. The Morgan fingerprint density at radius 1 is 1.18 bits per heavy atom. The molecule has 2 aromatic heterocycles. The van der Waals surface area contributed by atoms with Gasteiger partial charge in [-0.3, -0.25) is 4.79 Å². The summed E-state index contributed by atoms with van der Waals surface area (Å²) in [6.45, 7) is 1.95. The molecule has 0 radical (unpaired) electrons. The summed E-state index contributed by atoms with van der Waals surface area (Å²) in [7, 11) is 0. The SMILES string of the molecule is CC(NC(=O)Cc1cc(-c2ccco2)on1)c1ccccc1. The number of nitrogens with one attached hydrogen (secondary N) is 1. The van der Waals surface area contributed by atoms with Crippen LogP contribution in [0.25, 0.3) is 11.5 Å². The summed E-state index contributed by atoms with van der Waals surface area (Å²) in [4.78, 5) is 12.1. The monoisotopic (exact) mass is 296 g/mol. The third-order valence-electron chi connectivity index (χ3n) is 3.34. The lowest BCUT2D eigenvalue weighted by molar-refractivity contribution is -0.121. The lowest BCUT2D eigenvalue weighted by Gasteiger charge is -2.13. The van der Waals surface area contributed by atoms with Gasteiger partial charge in [0.25, 0.3) is 0 Å². The van der Waals surface area contributed by atoms with Crippen LogP contribution in [0.1, 0.15) is 24.2 Å². The van der Waals surface area contributed by atoms with Crippen molar-refractivity contribution in [3.05, 3.63) is 66.1 Å². The zero-order valence-electron chi connectivity index (χ0n) is 12.2. The fourth-order valence-electron chi connectivity index (χ4n) is 2.21. The molecule has 0 aliphatic heterocycles. The van der Waals surface area contributed by atoms with E-state index < -0.39 is 0 Å². The highest BCUT2D eigenvalue weighted by Gasteiger charge is 2.14. The Labute approximate surface area is 127 Å². The van der Waals surface area contributed by atoms with Crippen LogP contribution in [-0.2, 0) is 11.2 Å². The van der Waals surface area contributed by atoms with E-state index in [1.54, 1.807) is 24.5 Å². The minimum atomic E-state index is -0.101. The van der Waals surface area contributed by atoms with E-state index in [0.717, 1.165) is 5.56 Å². The highest BCUT2D eigenvalue weighted by atomic mass is 16.5. The molecule has 1 amide bonds. The van der Waals surface area contributed by atoms with Gasteiger partial charge >= 0.3 is 0 Å². The van der Waals surface area contributed by atoms with Crippen LogP contribution in [0.3, 0.4) is 0 Å². The summed E-state index contributed by atoms with van der Waals surface area (Å²) in [5.74, 6) is 1.01. The van der Waals surface area contributed by atoms with Gasteiger partial charge in [0.2, 0.25) is 11.7 Å². The molecule has 0 saturated heterocycles. The first-order chi connectivity index (χ1) is 10.7. The highest BCUT2D eigenvalue weighted by molar-refractivity contribution is 5.78. The van der Waals surface area contributed by atoms with Crippen LogP contribution in [-0.4, -0.2) is 11.1 Å². The molecule has 3 aromatic rings. The van der Waals surface area contributed by atoms with Gasteiger partial charge < -0.3 is 14.3 Å². The molecule has 0 bridgehead atoms. The average molecular weight is 296 g/mol. The lowest BCUT2D eigenvalue weighted by Crippen LogP contribution is -2.28. The molecule has 22 heavy (non-hydrogen) atoms. The van der Waals surface area contributed by atoms with Gasteiger partial charge in [0, 0.05) is 6.07 Å². The van der Waals surface area contributed by atoms with Crippen molar-refractivity contribution in [3.8, 4) is 11.5 Å². The van der Waals surface area contributed by atoms with E-state index in [1.807, 2.05) is 37.3 Å². The molecule has 1 aromatic carbocycles. The van der Waals surface area contributed by atoms with Crippen molar-refractivity contribution in [2.45, 2.75) is 19.4 Å². The average Bonchev–Trinajstić information content (AvgIpc) is 3.19. The Morgan fingerprint density at radius 2 is 2.00 bits per heavy atom. The zero-order valence-corrected chi connectivity index (χ0v) is 12.2. The van der Waals surface area contributed by atoms with Crippen molar-refractivity contribution in [2.75, 3.05) is 0 Å². The Balaban J connectivity index is 1.60. The molecule has 0 aliphatic carbocycles. The number of amides is 1. The van der Waals surface area contributed by atoms with Crippen molar-refractivity contribution >= 4 is 5.91 Å². The van der Waals surface area contributed by atoms with Crippen molar-refractivity contribution in [1.29, 1.82) is 0 Å². The molecule has 112 valence electrons. The van der Waals surface area contributed by atoms with E-state index in [0.29, 0.717) is 17.2 Å². The van der Waals surface area contributed by atoms with Crippen molar-refractivity contribution < 1.29 is 13.7 Å². The molecule has 5 nitrogen and oxygen atoms in total. The van der Waals surface area contributed by atoms with E-state index in [2.05, 4.69) is 10.5 Å². The number of furan rings is 1. The Morgan fingerprint density at radius 3 is 2.73 bits per heavy atom. The van der Waals surface area contributed by atoms with Crippen LogP contribution in [0.4, 0.5) is 0 Å². The molecule has 1 unspecified atom stereocenters. The summed E-state index contributed by atoms with van der Waals surface area (Å²) >= 11 is 0. The van der Waals surface area contributed by atoms with Gasteiger partial charge in [-0.2, -0.15) is 0 Å². The molecular formula is C17H16N2O3. The molecule has 2 heterocycles. The largest absolute Gasteiger partial charge is 0.461 e. The Bertz CT molecular complexity index is 732. The summed E-state index contributed by atoms with van der Waals surface area (Å²) in [6, 6.07) is 15.0. The van der Waals surface area contributed by atoms with Crippen LogP contribution in [0, 0.1) is 0 Å². The first-order valence-corrected chi connectivity index (χ1v) is 7.06. The van der Waals surface area contributed by atoms with Gasteiger partial charge in [-0.25, -0.2) is 0 Å². The van der Waals surface area contributed by atoms with Crippen LogP contribution < -0.4 is 5.32 Å². The summed E-state index contributed by atoms with van der Waals surface area (Å²) in [5, 5.41) is 6.84. The third kappa shape index (κ3) is 3.25. The highest BCUT2D eigenvalue weighted by Crippen LogP contribution is 2.20. The fraction of sp³-hybridized carbons (Fsp3) is 0.176. The lowest BCUT2D eigenvalue weighted by atomic mass is 10.1. The molecule has 0 spiro atoms. The number of aromatic nitrogens is 1. The van der Waals surface area contributed by atoms with Gasteiger partial charge in [0.05, 0.1) is 24.4 Å². The third-order valence-corrected chi connectivity index (χ3v) is 3.34. The minimum Gasteiger partial charge on any atom is -0.461 e. The number of rotatable bonds is 5. The predicted octanol–water partition coefficient (Wildman–Crippen LogP) is 3.35. The molecule has 0 fully saturated rings. The van der Waals surface area contributed by atoms with Gasteiger partial charge in [0.15, 0.2) is 5.76 Å². The number of nitrogens with zero attached hydrogens (tertiary/aromatic N) is 1. The second kappa shape index (κ2) is 6.30. The van der Waals surface area contributed by atoms with Crippen LogP contribution >= 0.6 is 0 Å². The van der Waals surface area contributed by atoms with Crippen molar-refractivity contribution in [3.63, 3.8) is 0 Å². The maximum Gasteiger partial charge on any atom is 0.226 e. The molecular weight excluding hydrogens is 280 g/mol. The van der Waals surface area contributed by atoms with Gasteiger partial charge in [-0.05, 0) is 24.6 Å². The van der Waals surface area contributed by atoms with E-state index in [9.17, 15) is 4.79 Å². The second-order valence-electron chi connectivity index (χ2n) is 5.04. The molecule has 3 rings (SSSR count). The first kappa shape index (κ1) is 14.1. The fourth-order valence-corrected chi connectivity index (χ4v) is 2.21. The predicted molar refractivity (Wildman–Crippen MR) is 80.9 cm³/mol. The maximum atomic E-state index is 12.1. The van der Waals surface area contributed by atoms with Crippen LogP contribution in [0.15, 0.2) is 63.7 Å². The van der Waals surface area contributed by atoms with Gasteiger partial charge in [-0.15, -0.1) is 0 Å². The van der Waals surface area contributed by atoms with Crippen LogP contribution in [0.5, 0.6) is 0 Å². The molecule has 1 atom stereocenters. The maximum absolute atomic E-state index is 12.1. The van der Waals surface area contributed by atoms with Gasteiger partial charge in [0.1, 0.15) is 0 Å². The quantitative estimate of drug-likeness (QED) is 0.784. The molecule has 1 N–H and O–H groups in total. The standard InChI is InChI=1S/C17H16N2O3/c1-12(13-6-3-2-4-7-13)18-17(20)11-14-10-16(22-19-14)15-8-5-9-21-15/h2-10,12H,11H2,1H3,(H,18,20). The van der Waals surface area contributed by atoms with E-state index in [4.69, 9.17) is 8.94 Å². The van der Waals surface area contributed by atoms with Gasteiger partial charge in [-0.1, -0.05) is 35.5 Å². The van der Waals surface area contributed by atoms with E-state index >= 15 is 0 Å². The normalized spacial score (nSPS) is 12.0. The number of hydrogen-bond donors (Lipinski definition) is 1. The Kier molecular flexibility index (Phi) is 4.05. The minimum absolute atomic E-state index is 0.0508. The molecule has 0 saturated carbocycles. The van der Waals surface area contributed by atoms with Crippen molar-refractivity contribution in [2.24, 2.45) is 0 Å².